The Morgan fingerprint density at radius 2 is 2.00 bits per heavy atom. The fourth-order valence-electron chi connectivity index (χ4n) is 2.99. The molecule has 0 aromatic heterocycles. The minimum atomic E-state index is -0.0987. The highest BCUT2D eigenvalue weighted by molar-refractivity contribution is 4.90. The molecule has 0 amide bonds. The number of likely N-dealkylation sites (tertiary alicyclic amines) is 1. The summed E-state index contributed by atoms with van der Waals surface area (Å²) in [6.45, 7) is 7.83. The SMILES string of the molecule is CCC(O)CC1CC(NC2CC2)CN(CC)C1. The van der Waals surface area contributed by atoms with Crippen molar-refractivity contribution in [1.82, 2.24) is 10.2 Å². The first-order valence-corrected chi connectivity index (χ1v) is 7.37. The normalized spacial score (nSPS) is 32.6. The molecule has 1 saturated heterocycles. The number of hydrogen-bond acceptors (Lipinski definition) is 3. The van der Waals surface area contributed by atoms with Crippen molar-refractivity contribution in [3.05, 3.63) is 0 Å². The molecule has 0 spiro atoms. The summed E-state index contributed by atoms with van der Waals surface area (Å²) in [7, 11) is 0. The van der Waals surface area contributed by atoms with E-state index >= 15 is 0 Å². The zero-order chi connectivity index (χ0) is 12.3. The van der Waals surface area contributed by atoms with Gasteiger partial charge in [0.05, 0.1) is 6.10 Å². The monoisotopic (exact) mass is 240 g/mol. The van der Waals surface area contributed by atoms with Gasteiger partial charge in [-0.15, -0.1) is 0 Å². The summed E-state index contributed by atoms with van der Waals surface area (Å²) in [5.41, 5.74) is 0. The van der Waals surface area contributed by atoms with Gasteiger partial charge in [0.15, 0.2) is 0 Å². The lowest BCUT2D eigenvalue weighted by atomic mass is 9.89. The van der Waals surface area contributed by atoms with E-state index in [0.717, 1.165) is 25.4 Å². The minimum absolute atomic E-state index is 0.0987. The van der Waals surface area contributed by atoms with Gasteiger partial charge in [0.2, 0.25) is 0 Å². The summed E-state index contributed by atoms with van der Waals surface area (Å²) in [4.78, 5) is 2.54. The van der Waals surface area contributed by atoms with Crippen LogP contribution in [0.2, 0.25) is 0 Å². The lowest BCUT2D eigenvalue weighted by Crippen LogP contribution is -2.50. The van der Waals surface area contributed by atoms with Crippen LogP contribution in [0, 0.1) is 5.92 Å². The van der Waals surface area contributed by atoms with Crippen LogP contribution in [0.15, 0.2) is 0 Å². The summed E-state index contributed by atoms with van der Waals surface area (Å²) < 4.78 is 0. The van der Waals surface area contributed by atoms with E-state index in [1.165, 1.54) is 32.4 Å². The molecule has 3 unspecified atom stereocenters. The fraction of sp³-hybridized carbons (Fsp3) is 1.00. The van der Waals surface area contributed by atoms with Crippen molar-refractivity contribution in [1.29, 1.82) is 0 Å². The van der Waals surface area contributed by atoms with Crippen molar-refractivity contribution in [3.8, 4) is 0 Å². The molecular weight excluding hydrogens is 212 g/mol. The van der Waals surface area contributed by atoms with Crippen molar-refractivity contribution in [2.45, 2.75) is 64.1 Å². The molecule has 0 aromatic rings. The molecule has 2 N–H and O–H groups in total. The quantitative estimate of drug-likeness (QED) is 0.740. The third-order valence-electron chi connectivity index (χ3n) is 4.19. The second-order valence-corrected chi connectivity index (χ2v) is 5.89. The van der Waals surface area contributed by atoms with E-state index in [-0.39, 0.29) is 6.10 Å². The second-order valence-electron chi connectivity index (χ2n) is 5.89. The maximum atomic E-state index is 9.81. The molecule has 1 heterocycles. The van der Waals surface area contributed by atoms with Gasteiger partial charge in [0.25, 0.3) is 0 Å². The van der Waals surface area contributed by atoms with Gasteiger partial charge in [-0.3, -0.25) is 0 Å². The Hall–Kier alpha value is -0.120. The van der Waals surface area contributed by atoms with Crippen LogP contribution < -0.4 is 5.32 Å². The Labute approximate surface area is 106 Å². The van der Waals surface area contributed by atoms with Crippen LogP contribution >= 0.6 is 0 Å². The molecule has 1 aliphatic heterocycles. The van der Waals surface area contributed by atoms with Crippen LogP contribution in [0.1, 0.15) is 46.0 Å². The Balaban J connectivity index is 1.82. The molecule has 3 heteroatoms. The minimum Gasteiger partial charge on any atom is -0.393 e. The summed E-state index contributed by atoms with van der Waals surface area (Å²) in [6.07, 6.45) is 5.76. The molecule has 3 nitrogen and oxygen atoms in total. The molecule has 2 fully saturated rings. The molecule has 2 rings (SSSR count). The van der Waals surface area contributed by atoms with Crippen molar-refractivity contribution in [2.24, 2.45) is 5.92 Å². The van der Waals surface area contributed by atoms with E-state index in [1.54, 1.807) is 0 Å². The van der Waals surface area contributed by atoms with E-state index in [4.69, 9.17) is 0 Å². The predicted molar refractivity (Wildman–Crippen MR) is 71.1 cm³/mol. The molecule has 3 atom stereocenters. The van der Waals surface area contributed by atoms with Gasteiger partial charge in [0, 0.05) is 25.2 Å². The van der Waals surface area contributed by atoms with E-state index in [0.29, 0.717) is 12.0 Å². The van der Waals surface area contributed by atoms with Gasteiger partial charge in [-0.1, -0.05) is 13.8 Å². The smallest absolute Gasteiger partial charge is 0.0540 e. The van der Waals surface area contributed by atoms with Gasteiger partial charge < -0.3 is 15.3 Å². The van der Waals surface area contributed by atoms with Crippen molar-refractivity contribution < 1.29 is 5.11 Å². The number of rotatable bonds is 6. The third-order valence-corrected chi connectivity index (χ3v) is 4.19. The van der Waals surface area contributed by atoms with Crippen LogP contribution in [-0.4, -0.2) is 47.8 Å². The van der Waals surface area contributed by atoms with Crippen LogP contribution in [0.5, 0.6) is 0 Å². The average Bonchev–Trinajstić information content (AvgIpc) is 3.12. The number of nitrogens with zero attached hydrogens (tertiary/aromatic N) is 1. The van der Waals surface area contributed by atoms with Gasteiger partial charge in [-0.05, 0) is 44.6 Å². The zero-order valence-electron chi connectivity index (χ0n) is 11.4. The van der Waals surface area contributed by atoms with Gasteiger partial charge in [-0.2, -0.15) is 0 Å². The first kappa shape index (κ1) is 13.3. The molecule has 100 valence electrons. The van der Waals surface area contributed by atoms with Gasteiger partial charge in [0.1, 0.15) is 0 Å². The summed E-state index contributed by atoms with van der Waals surface area (Å²) >= 11 is 0. The zero-order valence-corrected chi connectivity index (χ0v) is 11.4. The molecule has 2 aliphatic rings. The lowest BCUT2D eigenvalue weighted by molar-refractivity contribution is 0.0859. The highest BCUT2D eigenvalue weighted by atomic mass is 16.3. The number of likely N-dealkylation sites (N-methyl/N-ethyl adjacent to an activating group) is 1. The molecule has 0 bridgehead atoms. The Morgan fingerprint density at radius 1 is 1.24 bits per heavy atom. The van der Waals surface area contributed by atoms with Crippen LogP contribution in [0.25, 0.3) is 0 Å². The number of piperidine rings is 1. The fourth-order valence-corrected chi connectivity index (χ4v) is 2.99. The predicted octanol–water partition coefficient (Wildman–Crippen LogP) is 1.61. The number of hydrogen-bond donors (Lipinski definition) is 2. The highest BCUT2D eigenvalue weighted by Gasteiger charge is 2.31. The second kappa shape index (κ2) is 6.17. The first-order valence-electron chi connectivity index (χ1n) is 7.37. The maximum absolute atomic E-state index is 9.81. The highest BCUT2D eigenvalue weighted by Crippen LogP contribution is 2.26. The van der Waals surface area contributed by atoms with Gasteiger partial charge in [-0.25, -0.2) is 0 Å². The molecule has 17 heavy (non-hydrogen) atoms. The Bertz CT molecular complexity index is 228. The lowest BCUT2D eigenvalue weighted by Gasteiger charge is -2.38. The largest absolute Gasteiger partial charge is 0.393 e. The molecule has 1 aliphatic carbocycles. The van der Waals surface area contributed by atoms with Crippen molar-refractivity contribution >= 4 is 0 Å². The number of aliphatic hydroxyl groups excluding tert-OH is 1. The summed E-state index contributed by atoms with van der Waals surface area (Å²) in [5, 5.41) is 13.6. The molecular formula is C14H28N2O. The Morgan fingerprint density at radius 3 is 2.59 bits per heavy atom. The van der Waals surface area contributed by atoms with E-state index in [2.05, 4.69) is 24.1 Å². The maximum Gasteiger partial charge on any atom is 0.0540 e. The summed E-state index contributed by atoms with van der Waals surface area (Å²) in [5.74, 6) is 0.676. The molecule has 0 radical (unpaired) electrons. The van der Waals surface area contributed by atoms with Crippen molar-refractivity contribution in [3.63, 3.8) is 0 Å². The topological polar surface area (TPSA) is 35.5 Å². The van der Waals surface area contributed by atoms with Gasteiger partial charge >= 0.3 is 0 Å². The average molecular weight is 240 g/mol. The standard InChI is InChI=1S/C14H28N2O/c1-3-14(17)8-11-7-13(15-12-5-6-12)10-16(4-2)9-11/h11-15,17H,3-10H2,1-2H3. The van der Waals surface area contributed by atoms with Crippen molar-refractivity contribution in [2.75, 3.05) is 19.6 Å². The van der Waals surface area contributed by atoms with E-state index < -0.39 is 0 Å². The first-order chi connectivity index (χ1) is 8.21. The summed E-state index contributed by atoms with van der Waals surface area (Å²) in [6, 6.07) is 1.46. The number of aliphatic hydroxyl groups is 1. The third kappa shape index (κ3) is 4.23. The molecule has 0 aromatic carbocycles. The Kier molecular flexibility index (Phi) is 4.83. The van der Waals surface area contributed by atoms with Crippen LogP contribution in [0.3, 0.4) is 0 Å². The van der Waals surface area contributed by atoms with Crippen LogP contribution in [-0.2, 0) is 0 Å². The number of nitrogens with one attached hydrogen (secondary N) is 1. The van der Waals surface area contributed by atoms with E-state index in [1.807, 2.05) is 0 Å². The molecule has 1 saturated carbocycles. The van der Waals surface area contributed by atoms with E-state index in [9.17, 15) is 5.11 Å². The van der Waals surface area contributed by atoms with Crippen LogP contribution in [0.4, 0.5) is 0 Å².